The Bertz CT molecular complexity index is 1630. The van der Waals surface area contributed by atoms with Crippen LogP contribution < -0.4 is 20.3 Å². The van der Waals surface area contributed by atoms with Crippen molar-refractivity contribution in [1.29, 1.82) is 0 Å². The van der Waals surface area contributed by atoms with Crippen molar-refractivity contribution in [2.45, 2.75) is 26.6 Å². The molecule has 0 radical (unpaired) electrons. The number of carbonyl (C=O) groups excluding carboxylic acids is 1. The SMILES string of the molecule is Cc1ccc(C(=O)O)c(C(=O)Nc2ccc(OCCCOc3ccc(NOCc4cc([N+](=O)[O-])ccc4COO)cc3)cc2)c1. The third-order valence-corrected chi connectivity index (χ3v) is 6.48. The highest BCUT2D eigenvalue weighted by Crippen LogP contribution is 2.22. The third-order valence-electron chi connectivity index (χ3n) is 6.48. The minimum atomic E-state index is -1.17. The lowest BCUT2D eigenvalue weighted by atomic mass is 10.0. The van der Waals surface area contributed by atoms with Crippen molar-refractivity contribution in [2.75, 3.05) is 24.0 Å². The molecule has 0 aromatic heterocycles. The zero-order valence-electron chi connectivity index (χ0n) is 24.2. The maximum atomic E-state index is 12.7. The first-order valence-corrected chi connectivity index (χ1v) is 13.7. The van der Waals surface area contributed by atoms with Crippen LogP contribution in [0.2, 0.25) is 0 Å². The molecule has 0 atom stereocenters. The van der Waals surface area contributed by atoms with Crippen molar-refractivity contribution in [3.63, 3.8) is 0 Å². The number of anilines is 2. The molecule has 0 bridgehead atoms. The molecule has 1 amide bonds. The predicted molar refractivity (Wildman–Crippen MR) is 164 cm³/mol. The Balaban J connectivity index is 1.16. The molecule has 4 aromatic rings. The molecular weight excluding hydrogens is 586 g/mol. The number of carboxylic acids is 1. The Morgan fingerprint density at radius 3 is 2.04 bits per heavy atom. The van der Waals surface area contributed by atoms with Crippen LogP contribution in [0.15, 0.2) is 84.9 Å². The Kier molecular flexibility index (Phi) is 11.4. The van der Waals surface area contributed by atoms with Gasteiger partial charge in [-0.3, -0.25) is 30.5 Å². The predicted octanol–water partition coefficient (Wildman–Crippen LogP) is 6.23. The number of carboxylic acid groups (broad SMARTS) is 1. The topological polar surface area (TPSA) is 179 Å². The smallest absolute Gasteiger partial charge is 0.336 e. The van der Waals surface area contributed by atoms with E-state index in [2.05, 4.69) is 15.7 Å². The number of nitrogens with zero attached hydrogens (tertiary/aromatic N) is 1. The van der Waals surface area contributed by atoms with Gasteiger partial charge < -0.3 is 19.9 Å². The summed E-state index contributed by atoms with van der Waals surface area (Å²) in [6, 6.07) is 22.5. The summed E-state index contributed by atoms with van der Waals surface area (Å²) >= 11 is 0. The fourth-order valence-corrected chi connectivity index (χ4v) is 4.19. The van der Waals surface area contributed by atoms with E-state index < -0.39 is 16.8 Å². The van der Waals surface area contributed by atoms with Crippen molar-refractivity contribution in [1.82, 2.24) is 0 Å². The Hall–Kier alpha value is -5.50. The van der Waals surface area contributed by atoms with E-state index in [0.29, 0.717) is 53.6 Å². The van der Waals surface area contributed by atoms with Crippen molar-refractivity contribution in [2.24, 2.45) is 0 Å². The van der Waals surface area contributed by atoms with E-state index in [1.54, 1.807) is 61.5 Å². The first-order valence-electron chi connectivity index (χ1n) is 13.7. The first kappa shape index (κ1) is 32.4. The lowest BCUT2D eigenvalue weighted by molar-refractivity contribution is -0.385. The van der Waals surface area contributed by atoms with E-state index in [0.717, 1.165) is 5.56 Å². The molecule has 0 fully saturated rings. The number of nitrogens with one attached hydrogen (secondary N) is 2. The average molecular weight is 618 g/mol. The Labute approximate surface area is 258 Å². The normalized spacial score (nSPS) is 10.6. The molecule has 0 aliphatic carbocycles. The molecule has 0 heterocycles. The van der Waals surface area contributed by atoms with Gasteiger partial charge in [0.25, 0.3) is 11.6 Å². The van der Waals surface area contributed by atoms with Gasteiger partial charge in [0.1, 0.15) is 24.7 Å². The van der Waals surface area contributed by atoms with Gasteiger partial charge in [-0.15, -0.1) is 0 Å². The van der Waals surface area contributed by atoms with Crippen LogP contribution in [0.25, 0.3) is 0 Å². The van der Waals surface area contributed by atoms with Gasteiger partial charge >= 0.3 is 5.97 Å². The fourth-order valence-electron chi connectivity index (χ4n) is 4.19. The molecule has 0 saturated heterocycles. The zero-order chi connectivity index (χ0) is 32.2. The number of nitro groups is 1. The molecule has 4 N–H and O–H groups in total. The second kappa shape index (κ2) is 15.8. The van der Waals surface area contributed by atoms with Gasteiger partial charge in [0, 0.05) is 24.2 Å². The van der Waals surface area contributed by atoms with Crippen LogP contribution in [0.4, 0.5) is 17.1 Å². The van der Waals surface area contributed by atoms with E-state index in [4.69, 9.17) is 19.6 Å². The lowest BCUT2D eigenvalue weighted by Gasteiger charge is -2.12. The summed E-state index contributed by atoms with van der Waals surface area (Å²) < 4.78 is 11.5. The van der Waals surface area contributed by atoms with E-state index in [9.17, 15) is 24.8 Å². The molecule has 45 heavy (non-hydrogen) atoms. The van der Waals surface area contributed by atoms with Gasteiger partial charge in [-0.2, -0.15) is 0 Å². The molecule has 13 nitrogen and oxygen atoms in total. The largest absolute Gasteiger partial charge is 0.493 e. The summed E-state index contributed by atoms with van der Waals surface area (Å²) in [5.41, 5.74) is 5.65. The van der Waals surface area contributed by atoms with Crippen LogP contribution >= 0.6 is 0 Å². The van der Waals surface area contributed by atoms with Crippen molar-refractivity contribution in [3.05, 3.63) is 123 Å². The van der Waals surface area contributed by atoms with Gasteiger partial charge in [-0.1, -0.05) is 11.6 Å². The van der Waals surface area contributed by atoms with Crippen molar-refractivity contribution >= 4 is 28.9 Å². The number of rotatable bonds is 16. The monoisotopic (exact) mass is 617 g/mol. The van der Waals surface area contributed by atoms with Crippen LogP contribution in [-0.4, -0.2) is 40.4 Å². The molecule has 234 valence electrons. The molecular formula is C32H31N3O10. The van der Waals surface area contributed by atoms with Crippen molar-refractivity contribution in [3.8, 4) is 11.5 Å². The molecule has 4 rings (SSSR count). The van der Waals surface area contributed by atoms with Gasteiger partial charge in [0.15, 0.2) is 0 Å². The second-order valence-electron chi connectivity index (χ2n) is 9.78. The number of hydrogen-bond acceptors (Lipinski definition) is 10. The summed E-state index contributed by atoms with van der Waals surface area (Å²) in [6.45, 7) is 2.45. The lowest BCUT2D eigenvalue weighted by Crippen LogP contribution is -2.16. The zero-order valence-corrected chi connectivity index (χ0v) is 24.2. The number of benzene rings is 4. The van der Waals surface area contributed by atoms with E-state index in [1.165, 1.54) is 30.3 Å². The van der Waals surface area contributed by atoms with Crippen LogP contribution in [-0.2, 0) is 22.9 Å². The number of hydrogen-bond donors (Lipinski definition) is 4. The second-order valence-corrected chi connectivity index (χ2v) is 9.78. The highest BCUT2D eigenvalue weighted by Gasteiger charge is 2.17. The number of carbonyl (C=O) groups is 2. The molecule has 0 aliphatic rings. The number of ether oxygens (including phenoxy) is 2. The summed E-state index contributed by atoms with van der Waals surface area (Å²) in [4.78, 5) is 44.3. The van der Waals surface area contributed by atoms with E-state index in [1.807, 2.05) is 0 Å². The first-order chi connectivity index (χ1) is 21.7. The summed E-state index contributed by atoms with van der Waals surface area (Å²) in [5, 5.41) is 31.9. The van der Waals surface area contributed by atoms with Gasteiger partial charge in [-0.05, 0) is 84.8 Å². The minimum Gasteiger partial charge on any atom is -0.493 e. The fraction of sp³-hybridized carbons (Fsp3) is 0.188. The van der Waals surface area contributed by atoms with Gasteiger partial charge in [-0.25, -0.2) is 9.68 Å². The third kappa shape index (κ3) is 9.49. The number of aromatic carboxylic acids is 1. The molecule has 0 unspecified atom stereocenters. The maximum Gasteiger partial charge on any atom is 0.336 e. The van der Waals surface area contributed by atoms with Gasteiger partial charge in [0.05, 0.1) is 35.0 Å². The standard InChI is InChI=1S/C32H31N3O10/c1-21-3-14-29(32(37)38)30(17-21)31(36)33-24-5-10-27(11-6-24)42-15-2-16-43-28-12-7-25(8-13-28)34-44-19-23-18-26(35(39)40)9-4-22(23)20-45-41/h3-14,17-18,34,41H,2,15-16,19-20H2,1H3,(H,33,36)(H,37,38). The van der Waals surface area contributed by atoms with Crippen molar-refractivity contribution < 1.29 is 44.1 Å². The number of nitro benzene ring substituents is 1. The maximum absolute atomic E-state index is 12.7. The van der Waals surface area contributed by atoms with Crippen LogP contribution in [0.1, 0.15) is 43.8 Å². The molecule has 0 saturated carbocycles. The van der Waals surface area contributed by atoms with E-state index >= 15 is 0 Å². The Morgan fingerprint density at radius 1 is 0.800 bits per heavy atom. The number of aryl methyl sites for hydroxylation is 1. The van der Waals surface area contributed by atoms with Gasteiger partial charge in [0.2, 0.25) is 0 Å². The Morgan fingerprint density at radius 2 is 1.44 bits per heavy atom. The number of amides is 1. The quantitative estimate of drug-likeness (QED) is 0.0484. The average Bonchev–Trinajstić information content (AvgIpc) is 3.03. The summed E-state index contributed by atoms with van der Waals surface area (Å²) in [7, 11) is 0. The van der Waals surface area contributed by atoms with E-state index in [-0.39, 0.29) is 30.0 Å². The summed E-state index contributed by atoms with van der Waals surface area (Å²) in [5.74, 6) is -0.440. The van der Waals surface area contributed by atoms with Crippen LogP contribution in [0, 0.1) is 17.0 Å². The number of non-ortho nitro benzene ring substituents is 1. The summed E-state index contributed by atoms with van der Waals surface area (Å²) in [6.07, 6.45) is 0.607. The molecule has 0 spiro atoms. The van der Waals surface area contributed by atoms with Crippen LogP contribution in [0.3, 0.4) is 0 Å². The molecule has 0 aliphatic heterocycles. The molecule has 13 heteroatoms. The van der Waals surface area contributed by atoms with Crippen LogP contribution in [0.5, 0.6) is 11.5 Å². The highest BCUT2D eigenvalue weighted by molar-refractivity contribution is 6.10. The highest BCUT2D eigenvalue weighted by atomic mass is 17.1. The minimum absolute atomic E-state index is 0.00295. The molecule has 4 aromatic carbocycles.